The Morgan fingerprint density at radius 2 is 1.68 bits per heavy atom. The molecule has 2 aromatic carbocycles. The Labute approximate surface area is 200 Å². The van der Waals surface area contributed by atoms with Gasteiger partial charge in [-0.05, 0) is 41.5 Å². The maximum Gasteiger partial charge on any atom is 0.407 e. The summed E-state index contributed by atoms with van der Waals surface area (Å²) in [5.74, 6) is -1.53. The number of fused-ring (bicyclic) bond motifs is 3. The van der Waals surface area contributed by atoms with Gasteiger partial charge in [-0.3, -0.25) is 9.59 Å². The van der Waals surface area contributed by atoms with E-state index >= 15 is 0 Å². The van der Waals surface area contributed by atoms with Crippen molar-refractivity contribution in [3.63, 3.8) is 0 Å². The molecule has 1 aliphatic carbocycles. The first-order valence-electron chi connectivity index (χ1n) is 12.1. The lowest BCUT2D eigenvalue weighted by Crippen LogP contribution is -2.44. The second-order valence-electron chi connectivity index (χ2n) is 9.08. The molecule has 0 bridgehead atoms. The first-order chi connectivity index (χ1) is 16.4. The Morgan fingerprint density at radius 1 is 1.06 bits per heavy atom. The molecule has 1 fully saturated rings. The van der Waals surface area contributed by atoms with E-state index in [1.807, 2.05) is 38.1 Å². The predicted molar refractivity (Wildman–Crippen MR) is 128 cm³/mol. The number of carboxylic acid groups (broad SMARTS) is 1. The Hall–Kier alpha value is -3.35. The summed E-state index contributed by atoms with van der Waals surface area (Å²) in [6.07, 6.45) is 1.22. The summed E-state index contributed by atoms with van der Waals surface area (Å²) in [5.41, 5.74) is 4.62. The molecule has 0 spiro atoms. The number of carbonyl (C=O) groups is 3. The zero-order valence-corrected chi connectivity index (χ0v) is 19.7. The molecule has 2 N–H and O–H groups in total. The van der Waals surface area contributed by atoms with Gasteiger partial charge in [0, 0.05) is 31.0 Å². The van der Waals surface area contributed by atoms with Crippen LogP contribution in [0.15, 0.2) is 48.5 Å². The first-order valence-corrected chi connectivity index (χ1v) is 12.1. The van der Waals surface area contributed by atoms with Crippen LogP contribution in [0.2, 0.25) is 0 Å². The van der Waals surface area contributed by atoms with E-state index in [2.05, 4.69) is 29.6 Å². The molecule has 7 nitrogen and oxygen atoms in total. The van der Waals surface area contributed by atoms with Crippen molar-refractivity contribution in [2.24, 2.45) is 5.92 Å². The zero-order chi connectivity index (χ0) is 24.2. The average molecular weight is 465 g/mol. The number of nitrogens with one attached hydrogen (secondary N) is 1. The molecule has 2 unspecified atom stereocenters. The molecular formula is C27H32N2O5. The summed E-state index contributed by atoms with van der Waals surface area (Å²) >= 11 is 0. The molecule has 2 aliphatic rings. The number of benzene rings is 2. The summed E-state index contributed by atoms with van der Waals surface area (Å²) < 4.78 is 5.62. The normalized spacial score (nSPS) is 19.9. The standard InChI is InChI=1S/C27H32N2O5/c1-3-17(15-25(30)29-14-13-22(26(31)32)24(29)4-2)28-27(33)34-16-23-20-11-7-5-9-18(20)19-10-6-8-12-21(19)23/h5-12,17,22-24H,3-4,13-16H2,1-2H3,(H,28,33)(H,31,32)/t17-,22?,24?/m0/s1. The van der Waals surface area contributed by atoms with Crippen LogP contribution < -0.4 is 5.32 Å². The third kappa shape index (κ3) is 4.65. The van der Waals surface area contributed by atoms with Crippen molar-refractivity contribution in [2.75, 3.05) is 13.2 Å². The molecule has 2 aromatic rings. The van der Waals surface area contributed by atoms with E-state index < -0.39 is 18.0 Å². The molecule has 1 heterocycles. The van der Waals surface area contributed by atoms with E-state index in [-0.39, 0.29) is 36.9 Å². The summed E-state index contributed by atoms with van der Waals surface area (Å²) in [4.78, 5) is 38.7. The highest BCUT2D eigenvalue weighted by molar-refractivity contribution is 5.81. The van der Waals surface area contributed by atoms with Gasteiger partial charge in [0.25, 0.3) is 0 Å². The third-order valence-electron chi connectivity index (χ3n) is 7.18. The Balaban J connectivity index is 1.35. The molecule has 4 rings (SSSR count). The van der Waals surface area contributed by atoms with Crippen molar-refractivity contribution in [1.82, 2.24) is 10.2 Å². The summed E-state index contributed by atoms with van der Waals surface area (Å²) in [7, 11) is 0. The molecule has 180 valence electrons. The number of amides is 2. The van der Waals surface area contributed by atoms with Gasteiger partial charge in [0.1, 0.15) is 6.61 Å². The quantitative estimate of drug-likeness (QED) is 0.604. The number of likely N-dealkylation sites (tertiary alicyclic amines) is 1. The highest BCUT2D eigenvalue weighted by Crippen LogP contribution is 2.44. The second-order valence-corrected chi connectivity index (χ2v) is 9.08. The van der Waals surface area contributed by atoms with Gasteiger partial charge in [0.05, 0.1) is 5.92 Å². The number of nitrogens with zero attached hydrogens (tertiary/aromatic N) is 1. The van der Waals surface area contributed by atoms with Crippen LogP contribution in [0.5, 0.6) is 0 Å². The maximum atomic E-state index is 12.9. The monoisotopic (exact) mass is 464 g/mol. The van der Waals surface area contributed by atoms with Gasteiger partial charge in [-0.1, -0.05) is 62.4 Å². The number of carbonyl (C=O) groups excluding carboxylic acids is 2. The molecule has 0 radical (unpaired) electrons. The van der Waals surface area contributed by atoms with E-state index in [1.165, 1.54) is 11.1 Å². The van der Waals surface area contributed by atoms with Gasteiger partial charge < -0.3 is 20.1 Å². The largest absolute Gasteiger partial charge is 0.481 e. The summed E-state index contributed by atoms with van der Waals surface area (Å²) in [5, 5.41) is 12.3. The van der Waals surface area contributed by atoms with Gasteiger partial charge in [0.2, 0.25) is 5.91 Å². The minimum Gasteiger partial charge on any atom is -0.481 e. The van der Waals surface area contributed by atoms with Crippen molar-refractivity contribution < 1.29 is 24.2 Å². The number of hydrogen-bond donors (Lipinski definition) is 2. The van der Waals surface area contributed by atoms with Crippen LogP contribution in [-0.2, 0) is 14.3 Å². The van der Waals surface area contributed by atoms with Crippen LogP contribution in [0, 0.1) is 5.92 Å². The molecule has 1 saturated heterocycles. The Kier molecular flexibility index (Phi) is 7.20. The number of rotatable bonds is 8. The molecule has 0 aromatic heterocycles. The van der Waals surface area contributed by atoms with Gasteiger partial charge in [-0.25, -0.2) is 4.79 Å². The van der Waals surface area contributed by atoms with Crippen LogP contribution >= 0.6 is 0 Å². The number of carboxylic acids is 1. The highest BCUT2D eigenvalue weighted by Gasteiger charge is 2.40. The number of alkyl carbamates (subject to hydrolysis) is 1. The fourth-order valence-corrected chi connectivity index (χ4v) is 5.39. The number of hydrogen-bond acceptors (Lipinski definition) is 4. The van der Waals surface area contributed by atoms with E-state index in [9.17, 15) is 19.5 Å². The van der Waals surface area contributed by atoms with Crippen LogP contribution in [-0.4, -0.2) is 53.2 Å². The van der Waals surface area contributed by atoms with Crippen molar-refractivity contribution in [3.8, 4) is 11.1 Å². The van der Waals surface area contributed by atoms with Crippen LogP contribution in [0.1, 0.15) is 56.6 Å². The van der Waals surface area contributed by atoms with E-state index in [0.29, 0.717) is 25.8 Å². The predicted octanol–water partition coefficient (Wildman–Crippen LogP) is 4.41. The van der Waals surface area contributed by atoms with Crippen LogP contribution in [0.25, 0.3) is 11.1 Å². The lowest BCUT2D eigenvalue weighted by molar-refractivity contribution is -0.143. The first kappa shape index (κ1) is 23.8. The van der Waals surface area contributed by atoms with Crippen molar-refractivity contribution in [2.45, 2.75) is 57.5 Å². The topological polar surface area (TPSA) is 95.9 Å². The zero-order valence-electron chi connectivity index (χ0n) is 19.7. The molecule has 2 amide bonds. The van der Waals surface area contributed by atoms with Crippen LogP contribution in [0.4, 0.5) is 4.79 Å². The Bertz CT molecular complexity index is 1020. The minimum absolute atomic E-state index is 0.0253. The molecule has 3 atom stereocenters. The molecule has 1 aliphatic heterocycles. The molecular weight excluding hydrogens is 432 g/mol. The highest BCUT2D eigenvalue weighted by atomic mass is 16.5. The van der Waals surface area contributed by atoms with Gasteiger partial charge in [-0.15, -0.1) is 0 Å². The van der Waals surface area contributed by atoms with Crippen molar-refractivity contribution in [1.29, 1.82) is 0 Å². The minimum atomic E-state index is -0.856. The van der Waals surface area contributed by atoms with E-state index in [1.54, 1.807) is 4.90 Å². The van der Waals surface area contributed by atoms with Crippen molar-refractivity contribution >= 4 is 18.0 Å². The SMILES string of the molecule is CCC1C(C(=O)O)CCN1C(=O)C[C@H](CC)NC(=O)OCC1c2ccccc2-c2ccccc21. The van der Waals surface area contributed by atoms with Gasteiger partial charge >= 0.3 is 12.1 Å². The number of aliphatic carboxylic acids is 1. The molecule has 7 heteroatoms. The number of ether oxygens (including phenoxy) is 1. The fraction of sp³-hybridized carbons (Fsp3) is 0.444. The summed E-state index contributed by atoms with van der Waals surface area (Å²) in [6.45, 7) is 4.46. The fourth-order valence-electron chi connectivity index (χ4n) is 5.39. The maximum absolute atomic E-state index is 12.9. The third-order valence-corrected chi connectivity index (χ3v) is 7.18. The van der Waals surface area contributed by atoms with Gasteiger partial charge in [-0.2, -0.15) is 0 Å². The lowest BCUT2D eigenvalue weighted by Gasteiger charge is -2.27. The lowest BCUT2D eigenvalue weighted by atomic mass is 9.98. The smallest absolute Gasteiger partial charge is 0.407 e. The van der Waals surface area contributed by atoms with Crippen LogP contribution in [0.3, 0.4) is 0 Å². The van der Waals surface area contributed by atoms with E-state index in [0.717, 1.165) is 11.1 Å². The average Bonchev–Trinajstić information content (AvgIpc) is 3.42. The molecule has 34 heavy (non-hydrogen) atoms. The van der Waals surface area contributed by atoms with Gasteiger partial charge in [0.15, 0.2) is 0 Å². The van der Waals surface area contributed by atoms with E-state index in [4.69, 9.17) is 4.74 Å². The summed E-state index contributed by atoms with van der Waals surface area (Å²) in [6, 6.07) is 15.7. The van der Waals surface area contributed by atoms with Crippen molar-refractivity contribution in [3.05, 3.63) is 59.7 Å². The second kappa shape index (κ2) is 10.3. The molecule has 0 saturated carbocycles. The Morgan fingerprint density at radius 3 is 2.24 bits per heavy atom.